The van der Waals surface area contributed by atoms with E-state index in [2.05, 4.69) is 27.3 Å². The molecule has 1 unspecified atom stereocenters. The number of rotatable bonds is 4. The SMILES string of the molecule is CNC(Cc1ccc(Br)cc1Cl)c1ccc(Cl)s1. The molecule has 1 aromatic heterocycles. The van der Waals surface area contributed by atoms with Gasteiger partial charge in [-0.3, -0.25) is 0 Å². The number of benzene rings is 1. The van der Waals surface area contributed by atoms with Crippen molar-refractivity contribution in [2.45, 2.75) is 12.5 Å². The molecule has 1 N–H and O–H groups in total. The minimum absolute atomic E-state index is 0.237. The highest BCUT2D eigenvalue weighted by atomic mass is 79.9. The fourth-order valence-corrected chi connectivity index (χ4v) is 3.69. The van der Waals surface area contributed by atoms with Crippen LogP contribution in [0.15, 0.2) is 34.8 Å². The molecule has 1 aromatic carbocycles. The second-order valence-corrected chi connectivity index (χ2v) is 6.99. The van der Waals surface area contributed by atoms with Gasteiger partial charge >= 0.3 is 0 Å². The monoisotopic (exact) mass is 363 g/mol. The second kappa shape index (κ2) is 6.40. The standard InChI is InChI=1S/C13H12BrCl2NS/c1-17-11(12-4-5-13(16)18-12)6-8-2-3-9(14)7-10(8)15/h2-5,7,11,17H,6H2,1H3. The molecule has 2 aromatic rings. The zero-order valence-electron chi connectivity index (χ0n) is 9.71. The zero-order chi connectivity index (χ0) is 13.1. The summed E-state index contributed by atoms with van der Waals surface area (Å²) in [7, 11) is 1.95. The van der Waals surface area contributed by atoms with Gasteiger partial charge in [0.2, 0.25) is 0 Å². The Morgan fingerprint density at radius 2 is 2.06 bits per heavy atom. The lowest BCUT2D eigenvalue weighted by Crippen LogP contribution is -2.17. The molecule has 5 heteroatoms. The number of hydrogen-bond donors (Lipinski definition) is 1. The molecular formula is C13H12BrCl2NS. The van der Waals surface area contributed by atoms with Crippen LogP contribution in [0.2, 0.25) is 9.36 Å². The summed E-state index contributed by atoms with van der Waals surface area (Å²) in [5.41, 5.74) is 1.13. The number of halogens is 3. The van der Waals surface area contributed by atoms with Gasteiger partial charge in [-0.25, -0.2) is 0 Å². The Morgan fingerprint density at radius 1 is 1.28 bits per heavy atom. The van der Waals surface area contributed by atoms with E-state index in [0.717, 1.165) is 25.8 Å². The summed E-state index contributed by atoms with van der Waals surface area (Å²) in [6.07, 6.45) is 0.847. The molecule has 18 heavy (non-hydrogen) atoms. The van der Waals surface area contributed by atoms with Crippen LogP contribution in [0.4, 0.5) is 0 Å². The van der Waals surface area contributed by atoms with Gasteiger partial charge in [0.05, 0.1) is 4.34 Å². The molecule has 0 amide bonds. The van der Waals surface area contributed by atoms with E-state index >= 15 is 0 Å². The van der Waals surface area contributed by atoms with Crippen molar-refractivity contribution < 1.29 is 0 Å². The van der Waals surface area contributed by atoms with E-state index in [1.807, 2.05) is 31.3 Å². The maximum absolute atomic E-state index is 6.24. The Bertz CT molecular complexity index is 542. The predicted octanol–water partition coefficient (Wildman–Crippen LogP) is 5.32. The van der Waals surface area contributed by atoms with Crippen molar-refractivity contribution in [3.63, 3.8) is 0 Å². The van der Waals surface area contributed by atoms with Crippen LogP contribution in [0.3, 0.4) is 0 Å². The highest BCUT2D eigenvalue weighted by molar-refractivity contribution is 9.10. The molecule has 0 saturated carbocycles. The topological polar surface area (TPSA) is 12.0 Å². The van der Waals surface area contributed by atoms with Crippen molar-refractivity contribution >= 4 is 50.5 Å². The lowest BCUT2D eigenvalue weighted by molar-refractivity contribution is 0.602. The van der Waals surface area contributed by atoms with Crippen LogP contribution in [-0.2, 0) is 6.42 Å². The molecule has 0 aliphatic carbocycles. The summed E-state index contributed by atoms with van der Waals surface area (Å²) in [5.74, 6) is 0. The first-order valence-corrected chi connectivity index (χ1v) is 7.83. The number of nitrogens with one attached hydrogen (secondary N) is 1. The molecule has 1 atom stereocenters. The van der Waals surface area contributed by atoms with E-state index < -0.39 is 0 Å². The van der Waals surface area contributed by atoms with Gasteiger partial charge in [0, 0.05) is 20.4 Å². The lowest BCUT2D eigenvalue weighted by Gasteiger charge is -2.15. The van der Waals surface area contributed by atoms with Gasteiger partial charge in [0.15, 0.2) is 0 Å². The summed E-state index contributed by atoms with van der Waals surface area (Å²) in [5, 5.41) is 4.09. The molecule has 0 radical (unpaired) electrons. The molecule has 0 aliphatic rings. The lowest BCUT2D eigenvalue weighted by atomic mass is 10.0. The smallest absolute Gasteiger partial charge is 0.0931 e. The van der Waals surface area contributed by atoms with Crippen molar-refractivity contribution in [3.05, 3.63) is 54.6 Å². The van der Waals surface area contributed by atoms with Crippen LogP contribution in [0.25, 0.3) is 0 Å². The van der Waals surface area contributed by atoms with Gasteiger partial charge in [0.1, 0.15) is 0 Å². The third kappa shape index (κ3) is 3.49. The van der Waals surface area contributed by atoms with E-state index in [0.29, 0.717) is 0 Å². The minimum atomic E-state index is 0.237. The molecule has 0 bridgehead atoms. The zero-order valence-corrected chi connectivity index (χ0v) is 13.6. The van der Waals surface area contributed by atoms with Crippen molar-refractivity contribution in [1.29, 1.82) is 0 Å². The van der Waals surface area contributed by atoms with E-state index in [9.17, 15) is 0 Å². The first kappa shape index (κ1) is 14.4. The van der Waals surface area contributed by atoms with Crippen molar-refractivity contribution in [1.82, 2.24) is 5.32 Å². The fourth-order valence-electron chi connectivity index (χ4n) is 1.77. The summed E-state index contributed by atoms with van der Waals surface area (Å²) < 4.78 is 1.81. The molecule has 0 aliphatic heterocycles. The van der Waals surface area contributed by atoms with Gasteiger partial charge in [-0.15, -0.1) is 11.3 Å². The maximum atomic E-state index is 6.24. The van der Waals surface area contributed by atoms with Crippen LogP contribution in [0, 0.1) is 0 Å². The van der Waals surface area contributed by atoms with E-state index in [-0.39, 0.29) is 6.04 Å². The van der Waals surface area contributed by atoms with Crippen molar-refractivity contribution in [2.24, 2.45) is 0 Å². The van der Waals surface area contributed by atoms with Gasteiger partial charge in [0.25, 0.3) is 0 Å². The van der Waals surface area contributed by atoms with Gasteiger partial charge < -0.3 is 5.32 Å². The van der Waals surface area contributed by atoms with Crippen LogP contribution in [0.1, 0.15) is 16.5 Å². The predicted molar refractivity (Wildman–Crippen MR) is 84.0 cm³/mol. The third-order valence-corrected chi connectivity index (χ3v) is 4.91. The molecule has 2 rings (SSSR count). The number of thiophene rings is 1. The number of hydrogen-bond acceptors (Lipinski definition) is 2. The molecule has 0 fully saturated rings. The van der Waals surface area contributed by atoms with Crippen LogP contribution in [0.5, 0.6) is 0 Å². The normalized spacial score (nSPS) is 12.7. The molecular weight excluding hydrogens is 353 g/mol. The van der Waals surface area contributed by atoms with E-state index in [1.165, 1.54) is 4.88 Å². The second-order valence-electron chi connectivity index (χ2n) is 3.92. The van der Waals surface area contributed by atoms with Gasteiger partial charge in [-0.2, -0.15) is 0 Å². The van der Waals surface area contributed by atoms with E-state index in [4.69, 9.17) is 23.2 Å². The van der Waals surface area contributed by atoms with Crippen molar-refractivity contribution in [3.8, 4) is 0 Å². The molecule has 96 valence electrons. The largest absolute Gasteiger partial charge is 0.312 e. The summed E-state index contributed by atoms with van der Waals surface area (Å²) in [4.78, 5) is 1.22. The Labute approximate surface area is 129 Å². The summed E-state index contributed by atoms with van der Waals surface area (Å²) in [6, 6.07) is 10.2. The average Bonchev–Trinajstić information content (AvgIpc) is 2.75. The highest BCUT2D eigenvalue weighted by Crippen LogP contribution is 2.31. The Morgan fingerprint density at radius 3 is 2.61 bits per heavy atom. The van der Waals surface area contributed by atoms with Gasteiger partial charge in [-0.1, -0.05) is 45.2 Å². The number of likely N-dealkylation sites (N-methyl/N-ethyl adjacent to an activating group) is 1. The molecule has 0 spiro atoms. The Kier molecular flexibility index (Phi) is 5.10. The molecule has 0 saturated heterocycles. The van der Waals surface area contributed by atoms with Crippen LogP contribution in [-0.4, -0.2) is 7.05 Å². The van der Waals surface area contributed by atoms with Gasteiger partial charge in [-0.05, 0) is 43.3 Å². The highest BCUT2D eigenvalue weighted by Gasteiger charge is 2.14. The first-order chi connectivity index (χ1) is 8.60. The summed E-state index contributed by atoms with van der Waals surface area (Å²) in [6.45, 7) is 0. The first-order valence-electron chi connectivity index (χ1n) is 5.46. The summed E-state index contributed by atoms with van der Waals surface area (Å²) >= 11 is 17.2. The Balaban J connectivity index is 2.20. The molecule has 1 nitrogen and oxygen atoms in total. The molecule has 1 heterocycles. The van der Waals surface area contributed by atoms with Crippen LogP contribution >= 0.6 is 50.5 Å². The van der Waals surface area contributed by atoms with Crippen molar-refractivity contribution in [2.75, 3.05) is 7.05 Å². The quantitative estimate of drug-likeness (QED) is 0.773. The van der Waals surface area contributed by atoms with Crippen LogP contribution < -0.4 is 5.32 Å². The average molecular weight is 365 g/mol. The fraction of sp³-hybridized carbons (Fsp3) is 0.231. The van der Waals surface area contributed by atoms with E-state index in [1.54, 1.807) is 11.3 Å². The third-order valence-electron chi connectivity index (χ3n) is 2.73. The minimum Gasteiger partial charge on any atom is -0.312 e. The maximum Gasteiger partial charge on any atom is 0.0931 e. The Hall–Kier alpha value is -0.0600.